The summed E-state index contributed by atoms with van der Waals surface area (Å²) < 4.78 is 15.4. The summed E-state index contributed by atoms with van der Waals surface area (Å²) >= 11 is 3.09. The monoisotopic (exact) mass is 391 g/mol. The molecule has 2 aromatic rings. The number of carbonyl (C=O) groups is 1. The van der Waals surface area contributed by atoms with Gasteiger partial charge in [0.25, 0.3) is 0 Å². The number of hydrogen-bond donors (Lipinski definition) is 3. The molecular formula is C16H13BrFN4O2+. The van der Waals surface area contributed by atoms with Gasteiger partial charge in [0.2, 0.25) is 11.6 Å². The Morgan fingerprint density at radius 1 is 1.42 bits per heavy atom. The van der Waals surface area contributed by atoms with Crippen LogP contribution in [-0.4, -0.2) is 27.6 Å². The smallest absolute Gasteiger partial charge is 0.314 e. The summed E-state index contributed by atoms with van der Waals surface area (Å²) in [5.41, 5.74) is 3.88. The van der Waals surface area contributed by atoms with Gasteiger partial charge in [0.15, 0.2) is 5.69 Å². The van der Waals surface area contributed by atoms with Crippen molar-refractivity contribution in [2.24, 2.45) is 10.8 Å². The molecule has 0 saturated carbocycles. The lowest BCUT2D eigenvalue weighted by Gasteiger charge is -2.04. The molecule has 4 N–H and O–H groups in total. The lowest BCUT2D eigenvalue weighted by molar-refractivity contribution is -0.296. The van der Waals surface area contributed by atoms with Gasteiger partial charge < -0.3 is 5.11 Å². The van der Waals surface area contributed by atoms with Crippen molar-refractivity contribution in [2.75, 3.05) is 0 Å². The molecule has 0 radical (unpaired) electrons. The van der Waals surface area contributed by atoms with E-state index in [0.717, 1.165) is 11.8 Å². The highest BCUT2D eigenvalue weighted by Crippen LogP contribution is 2.34. The number of nitrogens with two attached hydrogens (primary N) is 1. The SMILES string of the molecule is NNC(=O)CC1=Nc2ccccc2[N+]1=Cc1cc(Br)c(F)cc1O. The van der Waals surface area contributed by atoms with Crippen LogP contribution in [0.15, 0.2) is 45.9 Å². The zero-order valence-corrected chi connectivity index (χ0v) is 13.9. The largest absolute Gasteiger partial charge is 0.507 e. The van der Waals surface area contributed by atoms with Gasteiger partial charge in [-0.3, -0.25) is 10.2 Å². The van der Waals surface area contributed by atoms with Gasteiger partial charge in [-0.1, -0.05) is 12.1 Å². The molecule has 0 saturated heterocycles. The summed E-state index contributed by atoms with van der Waals surface area (Å²) in [7, 11) is 0. The van der Waals surface area contributed by atoms with Crippen LogP contribution in [0.2, 0.25) is 0 Å². The fraction of sp³-hybridized carbons (Fsp3) is 0.0625. The standard InChI is InChI=1S/C16H12BrFN4O2/c17-10-5-9(14(23)6-11(10)18)8-22-13-4-2-1-3-12(13)20-15(22)7-16(24)21-19/h1-6,8H,7,19H2,(H,21,24)/p+1. The van der Waals surface area contributed by atoms with Crippen molar-refractivity contribution in [2.45, 2.75) is 6.42 Å². The minimum Gasteiger partial charge on any atom is -0.507 e. The Bertz CT molecular complexity index is 896. The van der Waals surface area contributed by atoms with E-state index in [9.17, 15) is 14.3 Å². The molecule has 0 aliphatic carbocycles. The van der Waals surface area contributed by atoms with E-state index in [1.54, 1.807) is 10.8 Å². The number of aliphatic imine (C=N–C) groups is 1. The third kappa shape index (κ3) is 3.06. The number of rotatable bonds is 3. The van der Waals surface area contributed by atoms with E-state index >= 15 is 0 Å². The molecule has 24 heavy (non-hydrogen) atoms. The van der Waals surface area contributed by atoms with Crippen molar-refractivity contribution in [3.63, 3.8) is 0 Å². The van der Waals surface area contributed by atoms with Crippen LogP contribution in [0.25, 0.3) is 0 Å². The van der Waals surface area contributed by atoms with Crippen molar-refractivity contribution in [1.82, 2.24) is 5.43 Å². The van der Waals surface area contributed by atoms with Crippen LogP contribution in [0.5, 0.6) is 5.75 Å². The lowest BCUT2D eigenvalue weighted by atomic mass is 10.2. The quantitative estimate of drug-likeness (QED) is 0.325. The van der Waals surface area contributed by atoms with Gasteiger partial charge in [-0.15, -0.1) is 0 Å². The van der Waals surface area contributed by atoms with Crippen molar-refractivity contribution < 1.29 is 18.9 Å². The second-order valence-electron chi connectivity index (χ2n) is 5.09. The Balaban J connectivity index is 2.10. The van der Waals surface area contributed by atoms with Crippen LogP contribution in [0.1, 0.15) is 12.0 Å². The number of para-hydroxylation sites is 2. The normalized spacial score (nSPS) is 14.5. The summed E-state index contributed by atoms with van der Waals surface area (Å²) in [5, 5.41) is 9.98. The Kier molecular flexibility index (Phi) is 4.41. The summed E-state index contributed by atoms with van der Waals surface area (Å²) in [6, 6.07) is 9.77. The highest BCUT2D eigenvalue weighted by molar-refractivity contribution is 9.10. The molecule has 3 rings (SSSR count). The van der Waals surface area contributed by atoms with Gasteiger partial charge in [-0.2, -0.15) is 4.58 Å². The fourth-order valence-corrected chi connectivity index (χ4v) is 2.71. The van der Waals surface area contributed by atoms with Crippen LogP contribution < -0.4 is 11.3 Å². The van der Waals surface area contributed by atoms with Crippen LogP contribution in [0.3, 0.4) is 0 Å². The van der Waals surface area contributed by atoms with E-state index in [1.807, 2.05) is 24.3 Å². The van der Waals surface area contributed by atoms with Crippen LogP contribution in [-0.2, 0) is 4.79 Å². The van der Waals surface area contributed by atoms with E-state index in [-0.39, 0.29) is 16.6 Å². The molecule has 0 aromatic heterocycles. The van der Waals surface area contributed by atoms with Gasteiger partial charge >= 0.3 is 5.84 Å². The minimum atomic E-state index is -0.567. The number of amidine groups is 1. The molecule has 1 aliphatic rings. The Hall–Kier alpha value is -2.58. The lowest BCUT2D eigenvalue weighted by Crippen LogP contribution is -2.33. The average Bonchev–Trinajstić information content (AvgIpc) is 2.90. The van der Waals surface area contributed by atoms with Gasteiger partial charge in [-0.05, 0) is 39.1 Å². The average molecular weight is 392 g/mol. The molecule has 1 heterocycles. The molecule has 6 nitrogen and oxygen atoms in total. The molecule has 0 atom stereocenters. The summed E-state index contributed by atoms with van der Waals surface area (Å²) in [6.45, 7) is 0. The summed E-state index contributed by atoms with van der Waals surface area (Å²) in [6.07, 6.45) is 1.55. The molecule has 1 amide bonds. The van der Waals surface area contributed by atoms with Crippen LogP contribution in [0, 0.1) is 5.82 Å². The van der Waals surface area contributed by atoms with Crippen LogP contribution >= 0.6 is 15.9 Å². The van der Waals surface area contributed by atoms with Crippen molar-refractivity contribution in [3.05, 3.63) is 52.3 Å². The predicted octanol–water partition coefficient (Wildman–Crippen LogP) is 2.48. The minimum absolute atomic E-state index is 0.0369. The molecule has 0 unspecified atom stereocenters. The highest BCUT2D eigenvalue weighted by atomic mass is 79.9. The molecule has 0 fully saturated rings. The van der Waals surface area contributed by atoms with Gasteiger partial charge in [0, 0.05) is 6.07 Å². The number of nitrogens with zero attached hydrogens (tertiary/aromatic N) is 2. The Labute approximate surface area is 145 Å². The second-order valence-corrected chi connectivity index (χ2v) is 5.94. The zero-order chi connectivity index (χ0) is 17.3. The van der Waals surface area contributed by atoms with Crippen molar-refractivity contribution in [1.29, 1.82) is 0 Å². The molecule has 2 aromatic carbocycles. The number of halogens is 2. The molecular weight excluding hydrogens is 379 g/mol. The third-order valence-corrected chi connectivity index (χ3v) is 4.09. The number of carbonyl (C=O) groups excluding carboxylic acids is 1. The van der Waals surface area contributed by atoms with Crippen molar-refractivity contribution >= 4 is 45.3 Å². The molecule has 0 bridgehead atoms. The number of benzene rings is 2. The highest BCUT2D eigenvalue weighted by Gasteiger charge is 2.31. The molecule has 8 heteroatoms. The number of hydrogen-bond acceptors (Lipinski definition) is 4. The van der Waals surface area contributed by atoms with E-state index in [4.69, 9.17) is 5.84 Å². The first-order valence-electron chi connectivity index (χ1n) is 6.97. The summed E-state index contributed by atoms with van der Waals surface area (Å²) in [4.78, 5) is 16.0. The Morgan fingerprint density at radius 2 is 2.17 bits per heavy atom. The third-order valence-electron chi connectivity index (χ3n) is 3.49. The first kappa shape index (κ1) is 16.3. The number of fused-ring (bicyclic) bond motifs is 1. The number of phenolic OH excluding ortho intramolecular Hbond substituents is 1. The predicted molar refractivity (Wildman–Crippen MR) is 91.3 cm³/mol. The topological polar surface area (TPSA) is 90.7 Å². The maximum absolute atomic E-state index is 13.5. The first-order chi connectivity index (χ1) is 11.5. The number of aromatic hydroxyl groups is 1. The first-order valence-corrected chi connectivity index (χ1v) is 7.77. The Morgan fingerprint density at radius 3 is 2.92 bits per heavy atom. The maximum Gasteiger partial charge on any atom is 0.314 e. The van der Waals surface area contributed by atoms with E-state index in [2.05, 4.69) is 26.3 Å². The van der Waals surface area contributed by atoms with E-state index in [0.29, 0.717) is 17.1 Å². The van der Waals surface area contributed by atoms with E-state index in [1.165, 1.54) is 6.07 Å². The number of hydrazine groups is 1. The number of amides is 1. The maximum atomic E-state index is 13.5. The molecule has 122 valence electrons. The van der Waals surface area contributed by atoms with Gasteiger partial charge in [0.05, 0.1) is 10.0 Å². The van der Waals surface area contributed by atoms with Crippen LogP contribution in [0.4, 0.5) is 15.8 Å². The summed E-state index contributed by atoms with van der Waals surface area (Å²) in [5.74, 6) is 4.40. The van der Waals surface area contributed by atoms with Crippen molar-refractivity contribution in [3.8, 4) is 5.75 Å². The zero-order valence-electron chi connectivity index (χ0n) is 12.3. The van der Waals surface area contributed by atoms with E-state index < -0.39 is 11.7 Å². The molecule has 1 aliphatic heterocycles. The second kappa shape index (κ2) is 6.50. The molecule has 0 spiro atoms. The number of phenols is 1. The fourth-order valence-electron chi connectivity index (χ4n) is 2.35. The van der Waals surface area contributed by atoms with Gasteiger partial charge in [-0.25, -0.2) is 10.2 Å². The number of nitrogens with one attached hydrogen (secondary N) is 1. The van der Waals surface area contributed by atoms with Gasteiger partial charge in [0.1, 0.15) is 24.2 Å².